The number of methoxy groups -OCH3 is 1. The Morgan fingerprint density at radius 1 is 1.00 bits per heavy atom. The summed E-state index contributed by atoms with van der Waals surface area (Å²) in [7, 11) is -2.02. The second kappa shape index (κ2) is 9.20. The van der Waals surface area contributed by atoms with Gasteiger partial charge in [-0.2, -0.15) is 4.31 Å². The molecule has 0 spiro atoms. The molecule has 0 atom stereocenters. The number of benzene rings is 3. The van der Waals surface area contributed by atoms with Gasteiger partial charge in [-0.3, -0.25) is 4.79 Å². The first-order chi connectivity index (χ1) is 16.9. The van der Waals surface area contributed by atoms with Crippen molar-refractivity contribution >= 4 is 26.8 Å². The van der Waals surface area contributed by atoms with Gasteiger partial charge in [0.2, 0.25) is 10.0 Å². The minimum Gasteiger partial charge on any atom is -0.497 e. The van der Waals surface area contributed by atoms with Gasteiger partial charge in [-0.05, 0) is 71.8 Å². The Balaban J connectivity index is 1.43. The molecule has 180 valence electrons. The van der Waals surface area contributed by atoms with Crippen molar-refractivity contribution in [3.05, 3.63) is 84.1 Å². The molecule has 1 aliphatic heterocycles. The second-order valence-corrected chi connectivity index (χ2v) is 10.7. The predicted molar refractivity (Wildman–Crippen MR) is 136 cm³/mol. The molecule has 1 aromatic heterocycles. The number of nitrogens with zero attached hydrogens (tertiary/aromatic N) is 1. The molecular formula is C27H27N3O4S. The van der Waals surface area contributed by atoms with Crippen LogP contribution >= 0.6 is 0 Å². The third kappa shape index (κ3) is 4.31. The van der Waals surface area contributed by atoms with Crippen molar-refractivity contribution in [3.63, 3.8) is 0 Å². The van der Waals surface area contributed by atoms with Crippen LogP contribution in [0.3, 0.4) is 0 Å². The van der Waals surface area contributed by atoms with Crippen LogP contribution in [0.25, 0.3) is 22.0 Å². The molecular weight excluding hydrogens is 462 g/mol. The summed E-state index contributed by atoms with van der Waals surface area (Å²) in [6, 6.07) is 20.3. The number of nitrogens with one attached hydrogen (secondary N) is 1. The van der Waals surface area contributed by atoms with Gasteiger partial charge < -0.3 is 15.5 Å². The number of nitrogens with two attached hydrogens (primary N) is 1. The molecule has 0 unspecified atom stereocenters. The van der Waals surface area contributed by atoms with Crippen LogP contribution in [0, 0.1) is 0 Å². The summed E-state index contributed by atoms with van der Waals surface area (Å²) in [6.45, 7) is 0.847. The lowest BCUT2D eigenvalue weighted by Crippen LogP contribution is -2.37. The van der Waals surface area contributed by atoms with Crippen molar-refractivity contribution in [1.29, 1.82) is 0 Å². The molecule has 1 saturated heterocycles. The van der Waals surface area contributed by atoms with Crippen LogP contribution in [0.1, 0.15) is 34.7 Å². The van der Waals surface area contributed by atoms with Gasteiger partial charge in [0.05, 0.1) is 23.1 Å². The first kappa shape index (κ1) is 23.1. The Labute approximate surface area is 204 Å². The smallest absolute Gasteiger partial charge is 0.250 e. The van der Waals surface area contributed by atoms with E-state index in [-0.39, 0.29) is 10.8 Å². The number of carbonyl (C=O) groups excluding carboxylic acids is 1. The maximum absolute atomic E-state index is 13.1. The van der Waals surface area contributed by atoms with Gasteiger partial charge in [0.1, 0.15) is 5.75 Å². The number of carbonyl (C=O) groups is 1. The summed E-state index contributed by atoms with van der Waals surface area (Å²) in [5.74, 6) is 0.298. The zero-order valence-corrected chi connectivity index (χ0v) is 20.2. The fourth-order valence-electron chi connectivity index (χ4n) is 4.89. The van der Waals surface area contributed by atoms with E-state index in [0.29, 0.717) is 37.2 Å². The number of H-pyrrole nitrogens is 1. The molecule has 4 aromatic rings. The number of fused-ring (bicyclic) bond motifs is 1. The lowest BCUT2D eigenvalue weighted by atomic mass is 9.88. The van der Waals surface area contributed by atoms with E-state index in [1.165, 1.54) is 0 Å². The zero-order chi connectivity index (χ0) is 24.6. The molecule has 5 rings (SSSR count). The summed E-state index contributed by atoms with van der Waals surface area (Å²) in [5, 5.41) is 0.955. The number of primary amides is 1. The van der Waals surface area contributed by atoms with Gasteiger partial charge in [-0.1, -0.05) is 30.3 Å². The molecule has 35 heavy (non-hydrogen) atoms. The third-order valence-electron chi connectivity index (χ3n) is 6.78. The number of piperidine rings is 1. The number of hydrogen-bond donors (Lipinski definition) is 2. The fourth-order valence-corrected chi connectivity index (χ4v) is 6.36. The number of aromatic nitrogens is 1. The predicted octanol–water partition coefficient (Wildman–Crippen LogP) is 4.51. The van der Waals surface area contributed by atoms with Gasteiger partial charge in [0.25, 0.3) is 5.91 Å². The lowest BCUT2D eigenvalue weighted by molar-refractivity contribution is 0.100. The van der Waals surface area contributed by atoms with E-state index in [0.717, 1.165) is 27.6 Å². The molecule has 1 aliphatic rings. The summed E-state index contributed by atoms with van der Waals surface area (Å²) < 4.78 is 33.0. The molecule has 3 aromatic carbocycles. The fraction of sp³-hybridized carbons (Fsp3) is 0.222. The van der Waals surface area contributed by atoms with Crippen molar-refractivity contribution < 1.29 is 17.9 Å². The number of amides is 1. The highest BCUT2D eigenvalue weighted by molar-refractivity contribution is 7.89. The molecule has 8 heteroatoms. The highest BCUT2D eigenvalue weighted by Gasteiger charge is 2.31. The molecule has 1 fully saturated rings. The van der Waals surface area contributed by atoms with Crippen LogP contribution in [0.5, 0.6) is 5.75 Å². The number of ether oxygens (including phenoxy) is 1. The average Bonchev–Trinajstić information content (AvgIpc) is 3.32. The van der Waals surface area contributed by atoms with Crippen LogP contribution < -0.4 is 10.5 Å². The van der Waals surface area contributed by atoms with Crippen molar-refractivity contribution in [3.8, 4) is 16.9 Å². The first-order valence-corrected chi connectivity index (χ1v) is 13.0. The van der Waals surface area contributed by atoms with Crippen molar-refractivity contribution in [1.82, 2.24) is 9.29 Å². The summed E-state index contributed by atoms with van der Waals surface area (Å²) in [6.07, 6.45) is 3.30. The van der Waals surface area contributed by atoms with Crippen molar-refractivity contribution in [2.24, 2.45) is 5.73 Å². The quantitative estimate of drug-likeness (QED) is 0.416. The largest absolute Gasteiger partial charge is 0.497 e. The van der Waals surface area contributed by atoms with E-state index < -0.39 is 15.9 Å². The molecule has 3 N–H and O–H groups in total. The number of aromatic amines is 1. The molecule has 2 heterocycles. The SMILES string of the molecule is COc1ccc(S(=O)(=O)N2CCC(c3c[nH]c4c(C(N)=O)cc(-c5ccccc5)cc34)CC2)cc1. The van der Waals surface area contributed by atoms with Gasteiger partial charge >= 0.3 is 0 Å². The number of hydrogen-bond acceptors (Lipinski definition) is 4. The third-order valence-corrected chi connectivity index (χ3v) is 8.70. The Morgan fingerprint density at radius 3 is 2.31 bits per heavy atom. The molecule has 0 aliphatic carbocycles. The molecule has 0 bridgehead atoms. The van der Waals surface area contributed by atoms with E-state index in [4.69, 9.17) is 10.5 Å². The van der Waals surface area contributed by atoms with Gasteiger partial charge in [-0.25, -0.2) is 8.42 Å². The zero-order valence-electron chi connectivity index (χ0n) is 19.4. The maximum atomic E-state index is 13.1. The Kier molecular flexibility index (Phi) is 6.08. The van der Waals surface area contributed by atoms with Crippen molar-refractivity contribution in [2.75, 3.05) is 20.2 Å². The van der Waals surface area contributed by atoms with Gasteiger partial charge in [0, 0.05) is 24.7 Å². The number of rotatable bonds is 6. The summed E-state index contributed by atoms with van der Waals surface area (Å²) in [5.41, 5.74) is 9.90. The van der Waals surface area contributed by atoms with Crippen LogP contribution in [0.4, 0.5) is 0 Å². The second-order valence-electron chi connectivity index (χ2n) is 8.77. The highest BCUT2D eigenvalue weighted by Crippen LogP contribution is 2.37. The maximum Gasteiger partial charge on any atom is 0.250 e. The first-order valence-electron chi connectivity index (χ1n) is 11.5. The Bertz CT molecular complexity index is 1470. The standard InChI is InChI=1S/C27H27N3O4S/c1-34-21-7-9-22(10-8-21)35(32,33)30-13-11-19(12-14-30)25-17-29-26-23(25)15-20(16-24(26)27(28)31)18-5-3-2-4-6-18/h2-10,15-17,19,29H,11-14H2,1H3,(H2,28,31). The summed E-state index contributed by atoms with van der Waals surface area (Å²) in [4.78, 5) is 15.7. The Hall–Kier alpha value is -3.62. The average molecular weight is 490 g/mol. The molecule has 0 saturated carbocycles. The monoisotopic (exact) mass is 489 g/mol. The van der Waals surface area contributed by atoms with Gasteiger partial charge in [0.15, 0.2) is 0 Å². The molecule has 1 amide bonds. The van der Waals surface area contributed by atoms with Crippen LogP contribution in [-0.4, -0.2) is 43.8 Å². The minimum atomic E-state index is -3.57. The van der Waals surface area contributed by atoms with Crippen molar-refractivity contribution in [2.45, 2.75) is 23.7 Å². The van der Waals surface area contributed by atoms with Gasteiger partial charge in [-0.15, -0.1) is 0 Å². The van der Waals surface area contributed by atoms with Crippen LogP contribution in [-0.2, 0) is 10.0 Å². The lowest BCUT2D eigenvalue weighted by Gasteiger charge is -2.31. The van der Waals surface area contributed by atoms with Crippen LogP contribution in [0.2, 0.25) is 0 Å². The van der Waals surface area contributed by atoms with E-state index in [1.54, 1.807) is 35.7 Å². The van der Waals surface area contributed by atoms with E-state index in [2.05, 4.69) is 11.1 Å². The summed E-state index contributed by atoms with van der Waals surface area (Å²) >= 11 is 0. The number of sulfonamides is 1. The molecule has 7 nitrogen and oxygen atoms in total. The van der Waals surface area contributed by atoms with E-state index in [1.807, 2.05) is 42.6 Å². The highest BCUT2D eigenvalue weighted by atomic mass is 32.2. The van der Waals surface area contributed by atoms with Crippen LogP contribution in [0.15, 0.2) is 77.8 Å². The van der Waals surface area contributed by atoms with E-state index in [9.17, 15) is 13.2 Å². The minimum absolute atomic E-state index is 0.165. The van der Waals surface area contributed by atoms with E-state index >= 15 is 0 Å². The normalized spacial score (nSPS) is 15.3. The Morgan fingerprint density at radius 2 is 1.69 bits per heavy atom. The molecule has 0 radical (unpaired) electrons. The topological polar surface area (TPSA) is 105 Å².